The van der Waals surface area contributed by atoms with Crippen LogP contribution in [0.25, 0.3) is 0 Å². The number of hydrogen-bond donors (Lipinski definition) is 4. The van der Waals surface area contributed by atoms with E-state index in [4.69, 9.17) is 0 Å². The molecule has 0 aliphatic carbocycles. The number of hydrogen-bond acceptors (Lipinski definition) is 3. The highest BCUT2D eigenvalue weighted by Gasteiger charge is 2.31. The van der Waals surface area contributed by atoms with Gasteiger partial charge >= 0.3 is 7.60 Å². The lowest BCUT2D eigenvalue weighted by molar-refractivity contribution is 0.364. The zero-order valence-corrected chi connectivity index (χ0v) is 10.7. The van der Waals surface area contributed by atoms with Crippen molar-refractivity contribution in [1.82, 2.24) is 0 Å². The lowest BCUT2D eigenvalue weighted by Crippen LogP contribution is -2.01. The van der Waals surface area contributed by atoms with E-state index in [1.54, 1.807) is 0 Å². The van der Waals surface area contributed by atoms with E-state index in [2.05, 4.69) is 0 Å². The molecular weight excluding hydrogens is 267 g/mol. The average molecular weight is 280 g/mol. The van der Waals surface area contributed by atoms with E-state index < -0.39 is 13.3 Å². The highest BCUT2D eigenvalue weighted by Crippen LogP contribution is 2.55. The predicted octanol–water partition coefficient (Wildman–Crippen LogP) is 2.36. The maximum atomic E-state index is 11.7. The van der Waals surface area contributed by atoms with Crippen molar-refractivity contribution in [3.63, 3.8) is 0 Å². The molecule has 0 radical (unpaired) electrons. The third-order valence-electron chi connectivity index (χ3n) is 2.75. The number of benzene rings is 2. The van der Waals surface area contributed by atoms with E-state index >= 15 is 0 Å². The Morgan fingerprint density at radius 1 is 0.737 bits per heavy atom. The van der Waals surface area contributed by atoms with E-state index in [9.17, 15) is 24.6 Å². The first-order valence-corrected chi connectivity index (χ1v) is 7.19. The summed E-state index contributed by atoms with van der Waals surface area (Å²) in [5, 5.41) is 18.4. The number of phenolic OH excluding ortho intramolecular Hbond substituents is 2. The quantitative estimate of drug-likeness (QED) is 0.647. The molecule has 5 nitrogen and oxygen atoms in total. The highest BCUT2D eigenvalue weighted by molar-refractivity contribution is 7.52. The molecule has 0 saturated heterocycles. The van der Waals surface area contributed by atoms with Gasteiger partial charge in [0.15, 0.2) is 0 Å². The van der Waals surface area contributed by atoms with Crippen LogP contribution < -0.4 is 0 Å². The van der Waals surface area contributed by atoms with Crippen molar-refractivity contribution in [3.05, 3.63) is 59.7 Å². The average Bonchev–Trinajstić information content (AvgIpc) is 2.33. The van der Waals surface area contributed by atoms with E-state index in [0.717, 1.165) is 0 Å². The Labute approximate surface area is 109 Å². The Hall–Kier alpha value is -1.81. The standard InChI is InChI=1S/C13H13O5P/c14-11-5-1-9(2-6-11)13(19(16,17)18)10-3-7-12(15)8-4-10/h1-8,13-15H,(H2,16,17,18). The summed E-state index contributed by atoms with van der Waals surface area (Å²) in [6.07, 6.45) is 0. The maximum absolute atomic E-state index is 11.7. The molecule has 4 N–H and O–H groups in total. The molecule has 0 aromatic heterocycles. The molecule has 2 aromatic carbocycles. The zero-order chi connectivity index (χ0) is 14.0. The Balaban J connectivity index is 2.51. The van der Waals surface area contributed by atoms with Crippen molar-refractivity contribution in [1.29, 1.82) is 0 Å². The third-order valence-corrected chi connectivity index (χ3v) is 4.02. The van der Waals surface area contributed by atoms with Gasteiger partial charge in [-0.1, -0.05) is 24.3 Å². The minimum Gasteiger partial charge on any atom is -0.508 e. The molecule has 0 atom stereocenters. The van der Waals surface area contributed by atoms with Gasteiger partial charge in [0.05, 0.1) is 0 Å². The molecule has 100 valence electrons. The van der Waals surface area contributed by atoms with Crippen LogP contribution in [0.2, 0.25) is 0 Å². The van der Waals surface area contributed by atoms with Crippen molar-refractivity contribution in [2.45, 2.75) is 5.66 Å². The summed E-state index contributed by atoms with van der Waals surface area (Å²) in [6, 6.07) is 11.4. The van der Waals surface area contributed by atoms with Crippen molar-refractivity contribution in [2.24, 2.45) is 0 Å². The van der Waals surface area contributed by atoms with Crippen LogP contribution in [0.5, 0.6) is 11.5 Å². The fourth-order valence-corrected chi connectivity index (χ4v) is 3.02. The van der Waals surface area contributed by atoms with Crippen molar-refractivity contribution in [3.8, 4) is 11.5 Å². The van der Waals surface area contributed by atoms with Crippen molar-refractivity contribution >= 4 is 7.60 Å². The topological polar surface area (TPSA) is 98.0 Å². The molecule has 0 bridgehead atoms. The summed E-state index contributed by atoms with van der Waals surface area (Å²) in [5.74, 6) is 0.0536. The van der Waals surface area contributed by atoms with Gasteiger partial charge in [-0.15, -0.1) is 0 Å². The van der Waals surface area contributed by atoms with Gasteiger partial charge in [-0.25, -0.2) is 0 Å². The van der Waals surface area contributed by atoms with E-state index in [-0.39, 0.29) is 11.5 Å². The summed E-state index contributed by atoms with van der Waals surface area (Å²) >= 11 is 0. The molecule has 0 amide bonds. The van der Waals surface area contributed by atoms with Crippen LogP contribution in [-0.4, -0.2) is 20.0 Å². The summed E-state index contributed by atoms with van der Waals surface area (Å²) < 4.78 is 11.7. The van der Waals surface area contributed by atoms with Gasteiger partial charge in [-0.05, 0) is 35.4 Å². The van der Waals surface area contributed by atoms with Crippen LogP contribution in [0.1, 0.15) is 16.8 Å². The second-order valence-corrected chi connectivity index (χ2v) is 5.87. The smallest absolute Gasteiger partial charge is 0.337 e. The first-order valence-electron chi connectivity index (χ1n) is 5.51. The molecule has 6 heteroatoms. The Morgan fingerprint density at radius 3 is 1.32 bits per heavy atom. The fraction of sp³-hybridized carbons (Fsp3) is 0.0769. The molecule has 0 spiro atoms. The van der Waals surface area contributed by atoms with Crippen LogP contribution in [0.4, 0.5) is 0 Å². The van der Waals surface area contributed by atoms with Crippen molar-refractivity contribution < 1.29 is 24.6 Å². The maximum Gasteiger partial charge on any atom is 0.337 e. The van der Waals surface area contributed by atoms with Crippen LogP contribution in [0, 0.1) is 0 Å². The lowest BCUT2D eigenvalue weighted by atomic mass is 10.0. The zero-order valence-electron chi connectivity index (χ0n) is 9.84. The van der Waals surface area contributed by atoms with Crippen LogP contribution in [-0.2, 0) is 4.57 Å². The second kappa shape index (κ2) is 5.05. The monoisotopic (exact) mass is 280 g/mol. The molecule has 0 aliphatic rings. The first-order chi connectivity index (χ1) is 8.88. The highest BCUT2D eigenvalue weighted by atomic mass is 31.2. The Morgan fingerprint density at radius 2 is 1.05 bits per heavy atom. The van der Waals surface area contributed by atoms with Crippen LogP contribution in [0.15, 0.2) is 48.5 Å². The first kappa shape index (κ1) is 13.6. The molecule has 0 saturated carbocycles. The molecule has 0 unspecified atom stereocenters. The van der Waals surface area contributed by atoms with Crippen LogP contribution in [0.3, 0.4) is 0 Å². The Bertz CT molecular complexity index is 554. The summed E-state index contributed by atoms with van der Waals surface area (Å²) in [4.78, 5) is 19.0. The normalized spacial score (nSPS) is 11.7. The molecular formula is C13H13O5P. The molecule has 0 aliphatic heterocycles. The summed E-state index contributed by atoms with van der Waals surface area (Å²) in [5.41, 5.74) is -0.317. The van der Waals surface area contributed by atoms with Gasteiger partial charge in [0.25, 0.3) is 0 Å². The number of aromatic hydroxyl groups is 2. The third kappa shape index (κ3) is 3.15. The minimum absolute atomic E-state index is 0.0268. The molecule has 2 rings (SSSR count). The Kier molecular flexibility index (Phi) is 3.62. The molecule has 19 heavy (non-hydrogen) atoms. The molecule has 0 heterocycles. The van der Waals surface area contributed by atoms with E-state index in [1.165, 1.54) is 48.5 Å². The van der Waals surface area contributed by atoms with E-state index in [1.807, 2.05) is 0 Å². The van der Waals surface area contributed by atoms with Crippen molar-refractivity contribution in [2.75, 3.05) is 0 Å². The summed E-state index contributed by atoms with van der Waals surface area (Å²) in [7, 11) is -4.41. The SMILES string of the molecule is O=P(O)(O)C(c1ccc(O)cc1)c1ccc(O)cc1. The largest absolute Gasteiger partial charge is 0.508 e. The van der Waals surface area contributed by atoms with Gasteiger partial charge in [0.1, 0.15) is 17.2 Å². The molecule has 2 aromatic rings. The molecule has 0 fully saturated rings. The van der Waals surface area contributed by atoms with Gasteiger partial charge < -0.3 is 20.0 Å². The number of rotatable bonds is 3. The fourth-order valence-electron chi connectivity index (χ4n) is 1.89. The van der Waals surface area contributed by atoms with Gasteiger partial charge in [-0.3, -0.25) is 4.57 Å². The lowest BCUT2D eigenvalue weighted by Gasteiger charge is -2.19. The van der Waals surface area contributed by atoms with E-state index in [0.29, 0.717) is 11.1 Å². The predicted molar refractivity (Wildman–Crippen MR) is 70.1 cm³/mol. The second-order valence-electron chi connectivity index (χ2n) is 4.17. The van der Waals surface area contributed by atoms with Crippen LogP contribution >= 0.6 is 7.60 Å². The van der Waals surface area contributed by atoms with Gasteiger partial charge in [0.2, 0.25) is 0 Å². The number of phenols is 2. The van der Waals surface area contributed by atoms with Gasteiger partial charge in [-0.2, -0.15) is 0 Å². The van der Waals surface area contributed by atoms with Gasteiger partial charge in [0, 0.05) is 0 Å². The minimum atomic E-state index is -4.41. The summed E-state index contributed by atoms with van der Waals surface area (Å²) in [6.45, 7) is 0.